The van der Waals surface area contributed by atoms with Gasteiger partial charge in [0, 0.05) is 49.7 Å². The van der Waals surface area contributed by atoms with Crippen LogP contribution in [-0.2, 0) is 28.7 Å². The Morgan fingerprint density at radius 3 is 2.73 bits per heavy atom. The molecule has 196 valence electrons. The number of carbonyl (C=O) groups is 2. The summed E-state index contributed by atoms with van der Waals surface area (Å²) < 4.78 is 39.7. The molecule has 4 aliphatic rings. The van der Waals surface area contributed by atoms with E-state index in [2.05, 4.69) is 10.3 Å². The SMILES string of the molecule is O=C1[C@@H](N[C@H]2C[C@H]3CCC[C@@]3(C(=O)N3CCc4ncc(C(F)(F)F)cc4C3)C2)CCN1c1ccccc1. The molecule has 9 heteroatoms. The fourth-order valence-corrected chi connectivity index (χ4v) is 7.17. The van der Waals surface area contributed by atoms with Gasteiger partial charge >= 0.3 is 6.18 Å². The lowest BCUT2D eigenvalue weighted by molar-refractivity contribution is -0.144. The fraction of sp³-hybridized carbons (Fsp3) is 0.536. The van der Waals surface area contributed by atoms with Crippen molar-refractivity contribution in [3.8, 4) is 0 Å². The number of pyridine rings is 1. The van der Waals surface area contributed by atoms with Gasteiger partial charge in [-0.2, -0.15) is 13.2 Å². The van der Waals surface area contributed by atoms with E-state index in [1.54, 1.807) is 4.90 Å². The quantitative estimate of drug-likeness (QED) is 0.663. The van der Waals surface area contributed by atoms with Crippen LogP contribution in [0.25, 0.3) is 0 Å². The van der Waals surface area contributed by atoms with Gasteiger partial charge in [-0.15, -0.1) is 0 Å². The van der Waals surface area contributed by atoms with E-state index >= 15 is 0 Å². The van der Waals surface area contributed by atoms with Crippen LogP contribution in [0.5, 0.6) is 0 Å². The number of anilines is 1. The minimum atomic E-state index is -4.46. The first-order valence-electron chi connectivity index (χ1n) is 13.2. The van der Waals surface area contributed by atoms with Gasteiger partial charge in [-0.3, -0.25) is 14.6 Å². The molecule has 0 bridgehead atoms. The minimum Gasteiger partial charge on any atom is -0.337 e. The van der Waals surface area contributed by atoms with E-state index in [1.165, 1.54) is 0 Å². The number of fused-ring (bicyclic) bond motifs is 2. The lowest BCUT2D eigenvalue weighted by Crippen LogP contribution is -2.47. The number of halogens is 3. The van der Waals surface area contributed by atoms with Crippen LogP contribution >= 0.6 is 0 Å². The van der Waals surface area contributed by atoms with E-state index in [4.69, 9.17) is 0 Å². The van der Waals surface area contributed by atoms with Crippen molar-refractivity contribution in [1.82, 2.24) is 15.2 Å². The number of aromatic nitrogens is 1. The normalized spacial score (nSPS) is 29.5. The van der Waals surface area contributed by atoms with Crippen LogP contribution in [0.15, 0.2) is 42.6 Å². The molecular weight excluding hydrogens is 481 g/mol. The summed E-state index contributed by atoms with van der Waals surface area (Å²) in [4.78, 5) is 34.7. The molecule has 6 rings (SSSR count). The number of nitrogens with zero attached hydrogens (tertiary/aromatic N) is 3. The van der Waals surface area contributed by atoms with Crippen molar-refractivity contribution < 1.29 is 22.8 Å². The summed E-state index contributed by atoms with van der Waals surface area (Å²) in [6.45, 7) is 1.32. The topological polar surface area (TPSA) is 65.5 Å². The van der Waals surface area contributed by atoms with Crippen LogP contribution in [0.4, 0.5) is 18.9 Å². The Morgan fingerprint density at radius 1 is 1.14 bits per heavy atom. The van der Waals surface area contributed by atoms with Gasteiger partial charge in [0.05, 0.1) is 17.0 Å². The fourth-order valence-electron chi connectivity index (χ4n) is 7.17. The van der Waals surface area contributed by atoms with Gasteiger partial charge in [-0.1, -0.05) is 24.6 Å². The van der Waals surface area contributed by atoms with Gasteiger partial charge in [0.2, 0.25) is 11.8 Å². The van der Waals surface area contributed by atoms with Crippen LogP contribution in [0.3, 0.4) is 0 Å². The molecule has 2 aliphatic heterocycles. The van der Waals surface area contributed by atoms with Crippen LogP contribution in [0, 0.1) is 11.3 Å². The van der Waals surface area contributed by atoms with Crippen LogP contribution in [0.1, 0.15) is 55.3 Å². The zero-order valence-electron chi connectivity index (χ0n) is 20.6. The van der Waals surface area contributed by atoms with E-state index in [0.717, 1.165) is 50.1 Å². The second-order valence-corrected chi connectivity index (χ2v) is 11.0. The molecule has 1 aromatic heterocycles. The molecule has 2 saturated carbocycles. The third-order valence-corrected chi connectivity index (χ3v) is 8.93. The van der Waals surface area contributed by atoms with Gasteiger partial charge in [-0.05, 0) is 61.8 Å². The largest absolute Gasteiger partial charge is 0.417 e. The lowest BCUT2D eigenvalue weighted by atomic mass is 9.78. The number of amides is 2. The number of hydrogen-bond acceptors (Lipinski definition) is 4. The van der Waals surface area contributed by atoms with E-state index in [0.29, 0.717) is 37.2 Å². The predicted octanol–water partition coefficient (Wildman–Crippen LogP) is 4.33. The molecule has 2 aliphatic carbocycles. The van der Waals surface area contributed by atoms with Crippen LogP contribution in [0.2, 0.25) is 0 Å². The maximum atomic E-state index is 14.0. The van der Waals surface area contributed by atoms with E-state index in [-0.39, 0.29) is 36.4 Å². The molecule has 1 aromatic carbocycles. The van der Waals surface area contributed by atoms with Crippen molar-refractivity contribution >= 4 is 17.5 Å². The Kier molecular flexibility index (Phi) is 6.01. The Bertz CT molecular complexity index is 1200. The highest BCUT2D eigenvalue weighted by atomic mass is 19.4. The minimum absolute atomic E-state index is 0.0611. The zero-order chi connectivity index (χ0) is 25.8. The molecule has 3 heterocycles. The lowest BCUT2D eigenvalue weighted by Gasteiger charge is -2.37. The molecule has 0 spiro atoms. The summed E-state index contributed by atoms with van der Waals surface area (Å²) in [6, 6.07) is 10.6. The highest BCUT2D eigenvalue weighted by Crippen LogP contribution is 2.55. The Balaban J connectivity index is 1.15. The van der Waals surface area contributed by atoms with Gasteiger partial charge in [0.15, 0.2) is 0 Å². The first-order chi connectivity index (χ1) is 17.7. The Labute approximate surface area is 214 Å². The number of benzene rings is 1. The summed E-state index contributed by atoms with van der Waals surface area (Å²) in [5.41, 5.74) is 0.774. The maximum Gasteiger partial charge on any atom is 0.417 e. The molecule has 3 fully saturated rings. The summed E-state index contributed by atoms with van der Waals surface area (Å²) in [7, 11) is 0. The van der Waals surface area contributed by atoms with Crippen LogP contribution in [-0.4, -0.2) is 46.9 Å². The second kappa shape index (κ2) is 9.11. The predicted molar refractivity (Wildman–Crippen MR) is 131 cm³/mol. The van der Waals surface area contributed by atoms with E-state index < -0.39 is 17.2 Å². The standard InChI is InChI=1S/C28H31F3N4O2/c29-28(30,31)20-13-18-17-34(11-8-23(18)32-16-20)26(37)27-10-4-5-19(27)14-21(15-27)33-24-9-12-35(25(24)36)22-6-2-1-3-7-22/h1-3,6-7,13,16,19,21,24,33H,4-5,8-12,14-15,17H2/t19-,21+,24+,27-/m1/s1. The average molecular weight is 513 g/mol. The highest BCUT2D eigenvalue weighted by molar-refractivity contribution is 5.99. The third-order valence-electron chi connectivity index (χ3n) is 8.93. The molecule has 6 nitrogen and oxygen atoms in total. The van der Waals surface area contributed by atoms with Gasteiger partial charge in [0.1, 0.15) is 0 Å². The van der Waals surface area contributed by atoms with Gasteiger partial charge in [0.25, 0.3) is 0 Å². The number of para-hydroxylation sites is 1. The molecule has 0 unspecified atom stereocenters. The van der Waals surface area contributed by atoms with Crippen molar-refractivity contribution in [2.45, 2.75) is 69.8 Å². The molecule has 2 amide bonds. The third kappa shape index (κ3) is 4.31. The average Bonchev–Trinajstić information content (AvgIpc) is 3.56. The molecule has 2 aromatic rings. The van der Waals surface area contributed by atoms with Gasteiger partial charge in [-0.25, -0.2) is 0 Å². The van der Waals surface area contributed by atoms with E-state index in [9.17, 15) is 22.8 Å². The number of hydrogen-bond donors (Lipinski definition) is 1. The molecule has 1 saturated heterocycles. The summed E-state index contributed by atoms with van der Waals surface area (Å²) in [5.74, 6) is 0.371. The van der Waals surface area contributed by atoms with Gasteiger partial charge < -0.3 is 15.1 Å². The molecule has 1 N–H and O–H groups in total. The molecule has 4 atom stereocenters. The summed E-state index contributed by atoms with van der Waals surface area (Å²) >= 11 is 0. The molecular formula is C28H31F3N4O2. The summed E-state index contributed by atoms with van der Waals surface area (Å²) in [5, 5.41) is 3.58. The first kappa shape index (κ1) is 24.4. The monoisotopic (exact) mass is 512 g/mol. The second-order valence-electron chi connectivity index (χ2n) is 11.0. The maximum absolute atomic E-state index is 14.0. The van der Waals surface area contributed by atoms with Crippen molar-refractivity contribution in [2.75, 3.05) is 18.0 Å². The van der Waals surface area contributed by atoms with Crippen molar-refractivity contribution in [3.05, 3.63) is 59.4 Å². The zero-order valence-corrected chi connectivity index (χ0v) is 20.6. The number of carbonyl (C=O) groups excluding carboxylic acids is 2. The van der Waals surface area contributed by atoms with Crippen molar-refractivity contribution in [3.63, 3.8) is 0 Å². The molecule has 0 radical (unpaired) electrons. The highest BCUT2D eigenvalue weighted by Gasteiger charge is 2.56. The summed E-state index contributed by atoms with van der Waals surface area (Å²) in [6.07, 6.45) is 1.91. The Morgan fingerprint density at radius 2 is 1.95 bits per heavy atom. The van der Waals surface area contributed by atoms with Crippen LogP contribution < -0.4 is 10.2 Å². The van der Waals surface area contributed by atoms with E-state index in [1.807, 2.05) is 35.2 Å². The number of nitrogens with one attached hydrogen (secondary N) is 1. The molecule has 37 heavy (non-hydrogen) atoms. The smallest absolute Gasteiger partial charge is 0.337 e. The Hall–Kier alpha value is -2.94. The number of alkyl halides is 3. The van der Waals surface area contributed by atoms with Crippen molar-refractivity contribution in [2.24, 2.45) is 11.3 Å². The van der Waals surface area contributed by atoms with Crippen molar-refractivity contribution in [1.29, 1.82) is 0 Å². The first-order valence-corrected chi connectivity index (χ1v) is 13.2. The number of rotatable bonds is 4.